The molecule has 0 fully saturated rings. The van der Waals surface area contributed by atoms with Crippen molar-refractivity contribution in [3.8, 4) is 0 Å². The molecule has 0 spiro atoms. The minimum absolute atomic E-state index is 0.511. The average molecular weight is 300 g/mol. The molecule has 0 amide bonds. The second-order valence-electron chi connectivity index (χ2n) is 3.74. The van der Waals surface area contributed by atoms with Gasteiger partial charge in [0.1, 0.15) is 0 Å². The number of fused-ring (bicyclic) bond motifs is 2. The van der Waals surface area contributed by atoms with Crippen LogP contribution in [0.4, 0.5) is 0 Å². The molecule has 2 heterocycles. The number of imidazole rings is 1. The Morgan fingerprint density at radius 3 is 2.44 bits per heavy atom. The third-order valence-corrected chi connectivity index (χ3v) is 4.26. The fraction of sp³-hybridized carbons (Fsp3) is 0. The molecular formula is C14H11N3Se. The molecule has 0 atom stereocenters. The molecule has 0 bridgehead atoms. The Bertz CT molecular complexity index is 631. The Balaban J connectivity index is 0.000000111. The molecule has 2 aromatic carbocycles. The van der Waals surface area contributed by atoms with Crippen LogP contribution in [0, 0.1) is 0 Å². The van der Waals surface area contributed by atoms with Crippen LogP contribution in [-0.4, -0.2) is 29.5 Å². The molecule has 4 rings (SSSR count). The summed E-state index contributed by atoms with van der Waals surface area (Å²) < 4.78 is 1.41. The molecule has 0 aliphatic carbocycles. The molecule has 3 nitrogen and oxygen atoms in total. The normalized spacial score (nSPS) is 10.2. The van der Waals surface area contributed by atoms with Crippen LogP contribution >= 0.6 is 0 Å². The van der Waals surface area contributed by atoms with Gasteiger partial charge in [0.25, 0.3) is 0 Å². The van der Waals surface area contributed by atoms with Crippen LogP contribution in [0.25, 0.3) is 20.8 Å². The number of aromatic nitrogens is 3. The average Bonchev–Trinajstić information content (AvgIpc) is 3.08. The van der Waals surface area contributed by atoms with Gasteiger partial charge in [-0.3, -0.25) is 0 Å². The van der Waals surface area contributed by atoms with Gasteiger partial charge in [0.2, 0.25) is 0 Å². The van der Waals surface area contributed by atoms with E-state index >= 15 is 0 Å². The number of rotatable bonds is 0. The number of hydrogen-bond donors (Lipinski definition) is 1. The van der Waals surface area contributed by atoms with E-state index in [1.54, 1.807) is 6.33 Å². The predicted molar refractivity (Wildman–Crippen MR) is 74.8 cm³/mol. The van der Waals surface area contributed by atoms with E-state index in [-0.39, 0.29) is 0 Å². The van der Waals surface area contributed by atoms with Crippen LogP contribution in [0.2, 0.25) is 0 Å². The van der Waals surface area contributed by atoms with Crippen LogP contribution in [-0.2, 0) is 0 Å². The van der Waals surface area contributed by atoms with Crippen molar-refractivity contribution < 1.29 is 0 Å². The molecule has 0 saturated carbocycles. The first-order valence-corrected chi connectivity index (χ1v) is 7.44. The fourth-order valence-electron chi connectivity index (χ4n) is 1.68. The van der Waals surface area contributed by atoms with Gasteiger partial charge in [0, 0.05) is 0 Å². The van der Waals surface area contributed by atoms with E-state index in [0.717, 1.165) is 16.6 Å². The monoisotopic (exact) mass is 301 g/mol. The zero-order valence-corrected chi connectivity index (χ0v) is 11.3. The van der Waals surface area contributed by atoms with E-state index in [1.807, 2.05) is 35.4 Å². The summed E-state index contributed by atoms with van der Waals surface area (Å²) in [7, 11) is 0. The summed E-state index contributed by atoms with van der Waals surface area (Å²) in [5.74, 6) is 0. The Kier molecular flexibility index (Phi) is 3.22. The quantitative estimate of drug-likeness (QED) is 0.507. The summed E-state index contributed by atoms with van der Waals surface area (Å²) in [6, 6.07) is 16.2. The van der Waals surface area contributed by atoms with Gasteiger partial charge in [-0.2, -0.15) is 0 Å². The molecule has 4 aromatic rings. The van der Waals surface area contributed by atoms with Gasteiger partial charge in [-0.15, -0.1) is 0 Å². The Labute approximate surface area is 110 Å². The Morgan fingerprint density at radius 2 is 1.61 bits per heavy atom. The molecule has 88 valence electrons. The van der Waals surface area contributed by atoms with Crippen LogP contribution in [0.15, 0.2) is 59.9 Å². The van der Waals surface area contributed by atoms with Crippen molar-refractivity contribution in [2.24, 2.45) is 0 Å². The van der Waals surface area contributed by atoms with Gasteiger partial charge in [0.15, 0.2) is 0 Å². The SMILES string of the molecule is c1ccc2[nH]cnc2c1.c1ccc2[se]cnc2c1. The first-order chi connectivity index (χ1) is 8.93. The third-order valence-electron chi connectivity index (χ3n) is 2.56. The molecule has 0 saturated heterocycles. The van der Waals surface area contributed by atoms with Crippen molar-refractivity contribution in [3.63, 3.8) is 0 Å². The van der Waals surface area contributed by atoms with Crippen molar-refractivity contribution in [2.75, 3.05) is 0 Å². The van der Waals surface area contributed by atoms with Crippen LogP contribution in [0.3, 0.4) is 0 Å². The molecular weight excluding hydrogens is 289 g/mol. The van der Waals surface area contributed by atoms with E-state index in [1.165, 1.54) is 4.26 Å². The van der Waals surface area contributed by atoms with Crippen molar-refractivity contribution in [1.29, 1.82) is 0 Å². The van der Waals surface area contributed by atoms with E-state index in [2.05, 4.69) is 33.2 Å². The van der Waals surface area contributed by atoms with Crippen molar-refractivity contribution in [1.82, 2.24) is 15.0 Å². The van der Waals surface area contributed by atoms with Gasteiger partial charge in [-0.1, -0.05) is 12.1 Å². The molecule has 2 aromatic heterocycles. The second kappa shape index (κ2) is 5.17. The van der Waals surface area contributed by atoms with Gasteiger partial charge in [-0.25, -0.2) is 4.98 Å². The van der Waals surface area contributed by atoms with Crippen LogP contribution in [0.1, 0.15) is 0 Å². The van der Waals surface area contributed by atoms with E-state index in [4.69, 9.17) is 0 Å². The topological polar surface area (TPSA) is 41.6 Å². The molecule has 0 aliphatic rings. The van der Waals surface area contributed by atoms with Gasteiger partial charge in [-0.05, 0) is 12.1 Å². The number of para-hydroxylation sites is 3. The van der Waals surface area contributed by atoms with Crippen molar-refractivity contribution >= 4 is 35.3 Å². The van der Waals surface area contributed by atoms with E-state index in [9.17, 15) is 0 Å². The van der Waals surface area contributed by atoms with Gasteiger partial charge >= 0.3 is 58.6 Å². The van der Waals surface area contributed by atoms with Crippen LogP contribution < -0.4 is 0 Å². The Hall–Kier alpha value is -1.90. The summed E-state index contributed by atoms with van der Waals surface area (Å²) in [4.78, 5) is 11.3. The number of H-pyrrole nitrogens is 1. The van der Waals surface area contributed by atoms with Crippen LogP contribution in [0.5, 0.6) is 0 Å². The van der Waals surface area contributed by atoms with Gasteiger partial charge < -0.3 is 4.98 Å². The molecule has 1 N–H and O–H groups in total. The number of hydrogen-bond acceptors (Lipinski definition) is 2. The zero-order valence-electron chi connectivity index (χ0n) is 9.58. The fourth-order valence-corrected chi connectivity index (χ4v) is 3.11. The molecule has 4 heteroatoms. The summed E-state index contributed by atoms with van der Waals surface area (Å²) in [5, 5.41) is 2.01. The maximum absolute atomic E-state index is 4.20. The molecule has 0 radical (unpaired) electrons. The minimum atomic E-state index is 0.511. The number of benzene rings is 2. The summed E-state index contributed by atoms with van der Waals surface area (Å²) in [6.07, 6.45) is 1.70. The summed E-state index contributed by atoms with van der Waals surface area (Å²) in [6.45, 7) is 0. The predicted octanol–water partition coefficient (Wildman–Crippen LogP) is 2.85. The first kappa shape index (κ1) is 11.2. The van der Waals surface area contributed by atoms with Crippen molar-refractivity contribution in [3.05, 3.63) is 59.9 Å². The maximum atomic E-state index is 4.20. The van der Waals surface area contributed by atoms with Gasteiger partial charge in [0.05, 0.1) is 17.4 Å². The van der Waals surface area contributed by atoms with E-state index in [0.29, 0.717) is 14.5 Å². The summed E-state index contributed by atoms with van der Waals surface area (Å²) in [5.41, 5.74) is 3.28. The number of nitrogens with zero attached hydrogens (tertiary/aromatic N) is 2. The molecule has 0 unspecified atom stereocenters. The number of nitrogens with one attached hydrogen (secondary N) is 1. The first-order valence-electron chi connectivity index (χ1n) is 5.60. The number of aromatic amines is 1. The molecule has 0 aliphatic heterocycles. The second-order valence-corrected chi connectivity index (χ2v) is 5.60. The standard InChI is InChI=1S/C7H6N2.C7H5NSe/c2*1-2-4-7-6(3-1)8-5-9-7/h1-5H,(H,8,9);1-5H. The third kappa shape index (κ3) is 2.35. The molecule has 18 heavy (non-hydrogen) atoms. The van der Waals surface area contributed by atoms with Crippen molar-refractivity contribution in [2.45, 2.75) is 0 Å². The Morgan fingerprint density at radius 1 is 0.833 bits per heavy atom. The summed E-state index contributed by atoms with van der Waals surface area (Å²) >= 11 is 0.511. The van der Waals surface area contributed by atoms with E-state index < -0.39 is 0 Å². The zero-order chi connectivity index (χ0) is 12.2.